The van der Waals surface area contributed by atoms with E-state index in [1.165, 1.54) is 6.07 Å². The summed E-state index contributed by atoms with van der Waals surface area (Å²) in [4.78, 5) is 23.1. The SMILES string of the molecule is Cc1ccc(NC(=S)NC(=O)c2ccccc2OC(C)C)c([N+](=O)[O-])c1. The van der Waals surface area contributed by atoms with E-state index < -0.39 is 10.8 Å². The summed E-state index contributed by atoms with van der Waals surface area (Å²) in [5.74, 6) is -0.0300. The number of benzene rings is 2. The first-order chi connectivity index (χ1) is 12.3. The van der Waals surface area contributed by atoms with E-state index >= 15 is 0 Å². The van der Waals surface area contributed by atoms with E-state index in [0.29, 0.717) is 11.3 Å². The van der Waals surface area contributed by atoms with Crippen LogP contribution in [0.3, 0.4) is 0 Å². The molecular weight excluding hydrogens is 354 g/mol. The minimum Gasteiger partial charge on any atom is -0.490 e. The highest BCUT2D eigenvalue weighted by atomic mass is 32.1. The Morgan fingerprint density at radius 2 is 1.92 bits per heavy atom. The predicted octanol–water partition coefficient (Wildman–Crippen LogP) is 3.82. The Bertz CT molecular complexity index is 852. The number of thiocarbonyl (C=S) groups is 1. The van der Waals surface area contributed by atoms with Gasteiger partial charge < -0.3 is 10.1 Å². The van der Waals surface area contributed by atoms with Crippen LogP contribution in [0.4, 0.5) is 11.4 Å². The third-order valence-corrected chi connectivity index (χ3v) is 3.52. The van der Waals surface area contributed by atoms with Crippen LogP contribution in [-0.2, 0) is 0 Å². The molecule has 0 saturated heterocycles. The molecule has 0 radical (unpaired) electrons. The number of carbonyl (C=O) groups is 1. The summed E-state index contributed by atoms with van der Waals surface area (Å²) < 4.78 is 5.62. The molecule has 0 fully saturated rings. The van der Waals surface area contributed by atoms with E-state index in [-0.39, 0.29) is 22.6 Å². The molecule has 0 heterocycles. The summed E-state index contributed by atoms with van der Waals surface area (Å²) in [5.41, 5.74) is 1.16. The summed E-state index contributed by atoms with van der Waals surface area (Å²) in [6.45, 7) is 5.47. The molecule has 0 aliphatic carbocycles. The van der Waals surface area contributed by atoms with Crippen molar-refractivity contribution in [2.24, 2.45) is 0 Å². The summed E-state index contributed by atoms with van der Waals surface area (Å²) >= 11 is 5.12. The molecule has 0 atom stereocenters. The second kappa shape index (κ2) is 8.39. The summed E-state index contributed by atoms with van der Waals surface area (Å²) in [5, 5.41) is 16.3. The molecule has 0 aliphatic rings. The Hall–Kier alpha value is -3.00. The quantitative estimate of drug-likeness (QED) is 0.470. The van der Waals surface area contributed by atoms with Crippen LogP contribution >= 0.6 is 12.2 Å². The normalized spacial score (nSPS) is 10.3. The Morgan fingerprint density at radius 3 is 2.58 bits per heavy atom. The van der Waals surface area contributed by atoms with Gasteiger partial charge in [0, 0.05) is 6.07 Å². The maximum Gasteiger partial charge on any atom is 0.292 e. The van der Waals surface area contributed by atoms with Crippen LogP contribution in [0.25, 0.3) is 0 Å². The number of hydrogen-bond acceptors (Lipinski definition) is 5. The lowest BCUT2D eigenvalue weighted by Crippen LogP contribution is -2.34. The van der Waals surface area contributed by atoms with Crippen molar-refractivity contribution in [3.8, 4) is 5.75 Å². The third-order valence-electron chi connectivity index (χ3n) is 3.32. The smallest absolute Gasteiger partial charge is 0.292 e. The van der Waals surface area contributed by atoms with E-state index in [1.54, 1.807) is 43.3 Å². The third kappa shape index (κ3) is 5.00. The molecule has 0 aliphatic heterocycles. The maximum absolute atomic E-state index is 12.5. The maximum atomic E-state index is 12.5. The lowest BCUT2D eigenvalue weighted by atomic mass is 10.2. The fourth-order valence-electron chi connectivity index (χ4n) is 2.23. The van der Waals surface area contributed by atoms with E-state index in [9.17, 15) is 14.9 Å². The molecule has 8 heteroatoms. The monoisotopic (exact) mass is 373 g/mol. The first kappa shape index (κ1) is 19.3. The molecule has 2 aromatic rings. The second-order valence-corrected chi connectivity index (χ2v) is 6.26. The zero-order valence-electron chi connectivity index (χ0n) is 14.6. The van der Waals surface area contributed by atoms with Gasteiger partial charge in [-0.25, -0.2) is 0 Å². The van der Waals surface area contributed by atoms with Crippen LogP contribution in [0.1, 0.15) is 29.8 Å². The molecule has 0 saturated carbocycles. The number of nitrogens with one attached hydrogen (secondary N) is 2. The van der Waals surface area contributed by atoms with Crippen molar-refractivity contribution < 1.29 is 14.5 Å². The van der Waals surface area contributed by atoms with Crippen LogP contribution < -0.4 is 15.4 Å². The number of hydrogen-bond donors (Lipinski definition) is 2. The highest BCUT2D eigenvalue weighted by Crippen LogP contribution is 2.25. The van der Waals surface area contributed by atoms with E-state index in [2.05, 4.69) is 10.6 Å². The largest absolute Gasteiger partial charge is 0.490 e. The van der Waals surface area contributed by atoms with Gasteiger partial charge >= 0.3 is 0 Å². The molecule has 26 heavy (non-hydrogen) atoms. The zero-order valence-corrected chi connectivity index (χ0v) is 15.4. The number of para-hydroxylation sites is 1. The molecule has 1 amide bonds. The van der Waals surface area contributed by atoms with E-state index in [0.717, 1.165) is 5.56 Å². The second-order valence-electron chi connectivity index (χ2n) is 5.85. The van der Waals surface area contributed by atoms with Crippen LogP contribution in [-0.4, -0.2) is 22.0 Å². The number of rotatable bonds is 5. The van der Waals surface area contributed by atoms with Gasteiger partial charge in [0.1, 0.15) is 11.4 Å². The van der Waals surface area contributed by atoms with Gasteiger partial charge in [-0.15, -0.1) is 0 Å². The Balaban J connectivity index is 2.14. The van der Waals surface area contributed by atoms with Gasteiger partial charge in [0.15, 0.2) is 5.11 Å². The van der Waals surface area contributed by atoms with Crippen LogP contribution in [0.5, 0.6) is 5.75 Å². The molecule has 0 spiro atoms. The number of nitro groups is 1. The van der Waals surface area contributed by atoms with Crippen molar-refractivity contribution in [1.29, 1.82) is 0 Å². The minimum atomic E-state index is -0.508. The van der Waals surface area contributed by atoms with Crippen molar-refractivity contribution in [3.05, 3.63) is 63.7 Å². The molecule has 0 unspecified atom stereocenters. The van der Waals surface area contributed by atoms with Gasteiger partial charge in [-0.3, -0.25) is 20.2 Å². The first-order valence-electron chi connectivity index (χ1n) is 7.91. The molecule has 7 nitrogen and oxygen atoms in total. The predicted molar refractivity (Wildman–Crippen MR) is 104 cm³/mol. The molecule has 0 bridgehead atoms. The number of ether oxygens (including phenoxy) is 1. The summed E-state index contributed by atoms with van der Waals surface area (Å²) in [7, 11) is 0. The van der Waals surface area contributed by atoms with Gasteiger partial charge in [-0.05, 0) is 56.8 Å². The molecule has 136 valence electrons. The van der Waals surface area contributed by atoms with E-state index in [4.69, 9.17) is 17.0 Å². The summed E-state index contributed by atoms with van der Waals surface area (Å²) in [6.07, 6.45) is -0.0933. The number of carbonyl (C=O) groups excluding carboxylic acids is 1. The number of aryl methyl sites for hydroxylation is 1. The number of anilines is 1. The Morgan fingerprint density at radius 1 is 1.23 bits per heavy atom. The summed E-state index contributed by atoms with van der Waals surface area (Å²) in [6, 6.07) is 11.5. The number of amides is 1. The van der Waals surface area contributed by atoms with E-state index in [1.807, 2.05) is 13.8 Å². The Labute approximate surface area is 156 Å². The Kier molecular flexibility index (Phi) is 6.24. The van der Waals surface area contributed by atoms with Crippen LogP contribution in [0.15, 0.2) is 42.5 Å². The van der Waals surface area contributed by atoms with Crippen molar-refractivity contribution >= 4 is 34.6 Å². The number of nitro benzene ring substituents is 1. The standard InChI is InChI=1S/C18H19N3O4S/c1-11(2)25-16-7-5-4-6-13(16)17(22)20-18(26)19-14-9-8-12(3)10-15(14)21(23)24/h4-11H,1-3H3,(H2,19,20,22,26). The van der Waals surface area contributed by atoms with Crippen molar-refractivity contribution in [2.75, 3.05) is 5.32 Å². The highest BCUT2D eigenvalue weighted by Gasteiger charge is 2.18. The van der Waals surface area contributed by atoms with Crippen molar-refractivity contribution in [3.63, 3.8) is 0 Å². The van der Waals surface area contributed by atoms with Gasteiger partial charge in [-0.2, -0.15) is 0 Å². The van der Waals surface area contributed by atoms with Crippen LogP contribution in [0.2, 0.25) is 0 Å². The minimum absolute atomic E-state index is 0.0405. The average Bonchev–Trinajstić information content (AvgIpc) is 2.56. The van der Waals surface area contributed by atoms with Crippen LogP contribution in [0, 0.1) is 17.0 Å². The number of nitrogens with zero attached hydrogens (tertiary/aromatic N) is 1. The molecule has 2 N–H and O–H groups in total. The fourth-order valence-corrected chi connectivity index (χ4v) is 2.44. The lowest BCUT2D eigenvalue weighted by molar-refractivity contribution is -0.383. The van der Waals surface area contributed by atoms with Gasteiger partial charge in [0.25, 0.3) is 11.6 Å². The molecular formula is C18H19N3O4S. The fraction of sp³-hybridized carbons (Fsp3) is 0.222. The zero-order chi connectivity index (χ0) is 19.3. The first-order valence-corrected chi connectivity index (χ1v) is 8.32. The molecule has 2 aromatic carbocycles. The van der Waals surface area contributed by atoms with Gasteiger partial charge in [0.05, 0.1) is 16.6 Å². The molecule has 2 rings (SSSR count). The average molecular weight is 373 g/mol. The topological polar surface area (TPSA) is 93.5 Å². The van der Waals surface area contributed by atoms with Crippen molar-refractivity contribution in [1.82, 2.24) is 5.32 Å². The van der Waals surface area contributed by atoms with Crippen molar-refractivity contribution in [2.45, 2.75) is 26.9 Å². The van der Waals surface area contributed by atoms with Gasteiger partial charge in [-0.1, -0.05) is 18.2 Å². The lowest BCUT2D eigenvalue weighted by Gasteiger charge is -2.15. The molecule has 0 aromatic heterocycles. The highest BCUT2D eigenvalue weighted by molar-refractivity contribution is 7.80. The van der Waals surface area contributed by atoms with Gasteiger partial charge in [0.2, 0.25) is 0 Å².